The summed E-state index contributed by atoms with van der Waals surface area (Å²) in [5.74, 6) is 1.33. The zero-order valence-electron chi connectivity index (χ0n) is 20.2. The lowest BCUT2D eigenvalue weighted by atomic mass is 9.92. The molecular weight excluding hydrogens is 390 g/mol. The molecule has 0 saturated heterocycles. The van der Waals surface area contributed by atoms with Crippen molar-refractivity contribution in [2.75, 3.05) is 6.54 Å². The molecule has 2 aromatic rings. The molecule has 1 fully saturated rings. The van der Waals surface area contributed by atoms with Gasteiger partial charge in [0.05, 0.1) is 0 Å². The first kappa shape index (κ1) is 22.3. The van der Waals surface area contributed by atoms with Crippen molar-refractivity contribution < 1.29 is 0 Å². The van der Waals surface area contributed by atoms with E-state index in [0.29, 0.717) is 17.4 Å². The fourth-order valence-corrected chi connectivity index (χ4v) is 13.0. The quantitative estimate of drug-likeness (QED) is 0.526. The van der Waals surface area contributed by atoms with E-state index in [-0.39, 0.29) is 5.54 Å². The molecule has 164 valence electrons. The van der Waals surface area contributed by atoms with Gasteiger partial charge in [0.15, 0.2) is 8.24 Å². The minimum Gasteiger partial charge on any atom is -0.312 e. The summed E-state index contributed by atoms with van der Waals surface area (Å²) in [6, 6.07) is 19.2. The normalized spacial score (nSPS) is 23.4. The van der Waals surface area contributed by atoms with Gasteiger partial charge >= 0.3 is 0 Å². The van der Waals surface area contributed by atoms with Gasteiger partial charge in [0.1, 0.15) is 0 Å². The summed E-state index contributed by atoms with van der Waals surface area (Å²) in [5.41, 5.74) is 3.46. The highest BCUT2D eigenvalue weighted by Gasteiger charge is 2.56. The van der Waals surface area contributed by atoms with Crippen molar-refractivity contribution in [1.82, 2.24) is 4.57 Å². The highest BCUT2D eigenvalue weighted by atomic mass is 28.3. The molecule has 2 heteroatoms. The van der Waals surface area contributed by atoms with Gasteiger partial charge in [-0.1, -0.05) is 90.9 Å². The van der Waals surface area contributed by atoms with E-state index >= 15 is 0 Å². The Morgan fingerprint density at radius 1 is 0.806 bits per heavy atom. The Kier molecular flexibility index (Phi) is 6.16. The number of aryl methyl sites for hydroxylation is 2. The number of nitrogens with zero attached hydrogens (tertiary/aromatic N) is 1. The Morgan fingerprint density at radius 3 is 1.81 bits per heavy atom. The molecule has 0 amide bonds. The summed E-state index contributed by atoms with van der Waals surface area (Å²) < 4.78 is 2.93. The van der Waals surface area contributed by atoms with Crippen LogP contribution in [0.1, 0.15) is 51.7 Å². The molecule has 2 aromatic carbocycles. The predicted octanol–water partition coefficient (Wildman–Crippen LogP) is 6.01. The first-order valence-electron chi connectivity index (χ1n) is 12.1. The smallest absolute Gasteiger partial charge is 0.196 e. The molecule has 2 aliphatic rings. The zero-order valence-corrected chi connectivity index (χ0v) is 21.2. The minimum absolute atomic E-state index is 0.100. The topological polar surface area (TPSA) is 3.24 Å². The maximum Gasteiger partial charge on any atom is 0.196 e. The molecule has 0 spiro atoms. The maximum atomic E-state index is 2.93. The van der Waals surface area contributed by atoms with Gasteiger partial charge < -0.3 is 4.57 Å². The second kappa shape index (κ2) is 8.56. The molecule has 0 aliphatic heterocycles. The van der Waals surface area contributed by atoms with E-state index in [1.54, 1.807) is 10.4 Å². The molecule has 0 bridgehead atoms. The van der Waals surface area contributed by atoms with Crippen molar-refractivity contribution in [2.45, 2.75) is 65.5 Å². The van der Waals surface area contributed by atoms with E-state index in [1.807, 2.05) is 0 Å². The van der Waals surface area contributed by atoms with Gasteiger partial charge in [-0.05, 0) is 81.8 Å². The Bertz CT molecular complexity index is 900. The molecule has 3 unspecified atom stereocenters. The van der Waals surface area contributed by atoms with Crippen LogP contribution in [0.15, 0.2) is 72.8 Å². The average Bonchev–Trinajstić information content (AvgIpc) is 3.17. The van der Waals surface area contributed by atoms with Crippen LogP contribution in [-0.4, -0.2) is 24.9 Å². The molecule has 1 saturated carbocycles. The van der Waals surface area contributed by atoms with Crippen molar-refractivity contribution in [3.8, 4) is 0 Å². The Morgan fingerprint density at radius 2 is 1.32 bits per heavy atom. The van der Waals surface area contributed by atoms with E-state index in [4.69, 9.17) is 0 Å². The van der Waals surface area contributed by atoms with E-state index in [0.717, 1.165) is 6.54 Å². The van der Waals surface area contributed by atoms with E-state index in [2.05, 4.69) is 119 Å². The van der Waals surface area contributed by atoms with E-state index < -0.39 is 8.24 Å². The number of fused-ring (bicyclic) bond motifs is 1. The van der Waals surface area contributed by atoms with Gasteiger partial charge in [0, 0.05) is 5.54 Å². The van der Waals surface area contributed by atoms with Crippen LogP contribution >= 0.6 is 0 Å². The Labute approximate surface area is 191 Å². The summed E-state index contributed by atoms with van der Waals surface area (Å²) in [7, 11) is -2.29. The second-order valence-corrected chi connectivity index (χ2v) is 14.6. The molecule has 2 aliphatic carbocycles. The highest BCUT2D eigenvalue weighted by Crippen LogP contribution is 2.51. The molecular formula is C29H39NSi. The monoisotopic (exact) mass is 429 g/mol. The summed E-state index contributed by atoms with van der Waals surface area (Å²) in [5, 5.41) is 3.15. The number of hydrogen-bond donors (Lipinski definition) is 0. The Balaban J connectivity index is 2.03. The molecule has 0 aromatic heterocycles. The lowest BCUT2D eigenvalue weighted by Crippen LogP contribution is -2.76. The minimum atomic E-state index is -2.29. The molecule has 3 atom stereocenters. The van der Waals surface area contributed by atoms with Gasteiger partial charge in [-0.2, -0.15) is 0 Å². The van der Waals surface area contributed by atoms with Crippen molar-refractivity contribution in [3.63, 3.8) is 0 Å². The van der Waals surface area contributed by atoms with Crippen LogP contribution in [0.5, 0.6) is 0 Å². The van der Waals surface area contributed by atoms with E-state index in [9.17, 15) is 0 Å². The average molecular weight is 430 g/mol. The zero-order chi connectivity index (χ0) is 22.2. The van der Waals surface area contributed by atoms with Crippen LogP contribution in [-0.2, 0) is 0 Å². The van der Waals surface area contributed by atoms with Gasteiger partial charge in [0.2, 0.25) is 0 Å². The molecule has 0 radical (unpaired) electrons. The molecule has 4 rings (SSSR count). The lowest BCUT2D eigenvalue weighted by molar-refractivity contribution is 0.247. The highest BCUT2D eigenvalue weighted by molar-refractivity contribution is 7.01. The van der Waals surface area contributed by atoms with Gasteiger partial charge in [-0.3, -0.25) is 0 Å². The van der Waals surface area contributed by atoms with Crippen molar-refractivity contribution >= 4 is 18.6 Å². The summed E-state index contributed by atoms with van der Waals surface area (Å²) >= 11 is 0. The SMILES string of the molecule is CCN(C(C)(C)C)[Si](c1ccc(C)cc1)(c1ccc(C)cc1)C1CCC2C=CC=CC21. The van der Waals surface area contributed by atoms with Crippen LogP contribution in [0.4, 0.5) is 0 Å². The van der Waals surface area contributed by atoms with Crippen LogP contribution in [0, 0.1) is 25.7 Å². The van der Waals surface area contributed by atoms with Crippen LogP contribution in [0.25, 0.3) is 0 Å². The van der Waals surface area contributed by atoms with E-state index in [1.165, 1.54) is 24.0 Å². The predicted molar refractivity (Wildman–Crippen MR) is 138 cm³/mol. The second-order valence-electron chi connectivity index (χ2n) is 10.6. The first-order chi connectivity index (χ1) is 14.8. The molecule has 0 N–H and O–H groups in total. The van der Waals surface area contributed by atoms with Crippen molar-refractivity contribution in [2.24, 2.45) is 11.8 Å². The van der Waals surface area contributed by atoms with Gasteiger partial charge in [-0.15, -0.1) is 0 Å². The number of benzene rings is 2. The largest absolute Gasteiger partial charge is 0.312 e. The van der Waals surface area contributed by atoms with Crippen LogP contribution in [0.3, 0.4) is 0 Å². The standard InChI is InChI=1S/C29H39NSi/c1-7-30(29(4,5)6)31(25-17-12-22(2)13-18-25,26-19-14-23(3)15-20-26)28-21-16-24-10-8-9-11-27(24)28/h8-15,17-20,24,27-28H,7,16,21H2,1-6H3. The summed E-state index contributed by atoms with van der Waals surface area (Å²) in [6.45, 7) is 15.1. The fraction of sp³-hybridized carbons (Fsp3) is 0.448. The Hall–Kier alpha value is -1.90. The number of rotatable bonds is 5. The number of allylic oxidation sites excluding steroid dienone is 4. The van der Waals surface area contributed by atoms with Gasteiger partial charge in [-0.25, -0.2) is 0 Å². The molecule has 1 nitrogen and oxygen atoms in total. The third kappa shape index (κ3) is 3.89. The first-order valence-corrected chi connectivity index (χ1v) is 14.1. The summed E-state index contributed by atoms with van der Waals surface area (Å²) in [4.78, 5) is 0. The van der Waals surface area contributed by atoms with Gasteiger partial charge in [0.25, 0.3) is 0 Å². The summed E-state index contributed by atoms with van der Waals surface area (Å²) in [6.07, 6.45) is 12.2. The van der Waals surface area contributed by atoms with Crippen molar-refractivity contribution in [1.29, 1.82) is 0 Å². The third-order valence-electron chi connectivity index (χ3n) is 7.64. The van der Waals surface area contributed by atoms with Crippen LogP contribution in [0.2, 0.25) is 5.54 Å². The fourth-order valence-electron chi connectivity index (χ4n) is 6.42. The number of hydrogen-bond acceptors (Lipinski definition) is 1. The maximum absolute atomic E-state index is 2.93. The van der Waals surface area contributed by atoms with Crippen LogP contribution < -0.4 is 10.4 Å². The molecule has 31 heavy (non-hydrogen) atoms. The third-order valence-corrected chi connectivity index (χ3v) is 13.7. The lowest BCUT2D eigenvalue weighted by Gasteiger charge is -2.54. The van der Waals surface area contributed by atoms with Crippen molar-refractivity contribution in [3.05, 3.63) is 84.0 Å². The molecule has 0 heterocycles.